The van der Waals surface area contributed by atoms with E-state index >= 15 is 0 Å². The highest BCUT2D eigenvalue weighted by Crippen LogP contribution is 2.29. The van der Waals surface area contributed by atoms with Gasteiger partial charge in [0.15, 0.2) is 0 Å². The molecule has 1 amide bonds. The molecule has 0 aliphatic heterocycles. The number of hydrogen-bond acceptors (Lipinski definition) is 3. The molecule has 1 aromatic rings. The smallest absolute Gasteiger partial charge is 0.267 e. The predicted octanol–water partition coefficient (Wildman–Crippen LogP) is 2.29. The minimum Gasteiger partial charge on any atom is -0.267 e. The standard InChI is InChI=1S/C9H5F6N3O/c10-8(11,12)7(9(13,14)15)18-17-6(19)5-1-3-16-4-2-5/h1-4H,(H,17,19). The van der Waals surface area contributed by atoms with Crippen LogP contribution in [0, 0.1) is 0 Å². The fraction of sp³-hybridized carbons (Fsp3) is 0.222. The van der Waals surface area contributed by atoms with Crippen LogP contribution in [0.15, 0.2) is 29.6 Å². The normalized spacial score (nSPS) is 11.9. The van der Waals surface area contributed by atoms with Crippen molar-refractivity contribution < 1.29 is 31.1 Å². The minimum absolute atomic E-state index is 0.178. The summed E-state index contributed by atoms with van der Waals surface area (Å²) in [6, 6.07) is 2.21. The molecule has 0 aliphatic carbocycles. The molecule has 104 valence electrons. The highest BCUT2D eigenvalue weighted by atomic mass is 19.4. The van der Waals surface area contributed by atoms with Crippen molar-refractivity contribution in [2.45, 2.75) is 12.4 Å². The highest BCUT2D eigenvalue weighted by molar-refractivity contribution is 5.98. The number of alkyl halides is 6. The monoisotopic (exact) mass is 285 g/mol. The van der Waals surface area contributed by atoms with Gasteiger partial charge in [-0.15, -0.1) is 0 Å². The molecule has 1 N–H and O–H groups in total. The van der Waals surface area contributed by atoms with E-state index in [0.29, 0.717) is 0 Å². The van der Waals surface area contributed by atoms with E-state index in [1.54, 1.807) is 0 Å². The Morgan fingerprint density at radius 2 is 1.53 bits per heavy atom. The molecule has 0 radical (unpaired) electrons. The van der Waals surface area contributed by atoms with Crippen LogP contribution in [-0.2, 0) is 0 Å². The lowest BCUT2D eigenvalue weighted by Crippen LogP contribution is -2.39. The van der Waals surface area contributed by atoms with E-state index in [2.05, 4.69) is 10.1 Å². The van der Waals surface area contributed by atoms with Crippen LogP contribution in [0.4, 0.5) is 26.3 Å². The number of amides is 1. The summed E-state index contributed by atoms with van der Waals surface area (Å²) >= 11 is 0. The number of hydrogen-bond donors (Lipinski definition) is 1. The van der Waals surface area contributed by atoms with Crippen molar-refractivity contribution >= 4 is 11.6 Å². The summed E-state index contributed by atoms with van der Waals surface area (Å²) in [4.78, 5) is 14.7. The summed E-state index contributed by atoms with van der Waals surface area (Å²) in [5.41, 5.74) is -2.02. The molecule has 1 rings (SSSR count). The lowest BCUT2D eigenvalue weighted by Gasteiger charge is -2.13. The van der Waals surface area contributed by atoms with Crippen molar-refractivity contribution in [3.05, 3.63) is 30.1 Å². The molecular weight excluding hydrogens is 280 g/mol. The second kappa shape index (κ2) is 5.24. The van der Waals surface area contributed by atoms with Gasteiger partial charge in [0.25, 0.3) is 5.91 Å². The summed E-state index contributed by atoms with van der Waals surface area (Å²) in [5, 5.41) is 2.09. The second-order valence-electron chi connectivity index (χ2n) is 3.13. The van der Waals surface area contributed by atoms with E-state index in [1.807, 2.05) is 0 Å². The number of hydrazone groups is 1. The fourth-order valence-corrected chi connectivity index (χ4v) is 0.962. The van der Waals surface area contributed by atoms with E-state index in [1.165, 1.54) is 5.43 Å². The van der Waals surface area contributed by atoms with E-state index in [4.69, 9.17) is 0 Å². The van der Waals surface area contributed by atoms with Gasteiger partial charge in [-0.3, -0.25) is 9.78 Å². The maximum Gasteiger partial charge on any atom is 0.440 e. The third kappa shape index (κ3) is 4.23. The van der Waals surface area contributed by atoms with Gasteiger partial charge in [0.2, 0.25) is 5.71 Å². The zero-order chi connectivity index (χ0) is 14.7. The molecule has 0 fully saturated rings. The van der Waals surface area contributed by atoms with Crippen molar-refractivity contribution in [2.75, 3.05) is 0 Å². The van der Waals surface area contributed by atoms with Crippen LogP contribution in [0.5, 0.6) is 0 Å². The molecule has 0 aliphatic rings. The Bertz CT molecular complexity index is 463. The summed E-state index contributed by atoms with van der Waals surface area (Å²) in [6.45, 7) is 0. The van der Waals surface area contributed by atoms with Gasteiger partial charge < -0.3 is 0 Å². The summed E-state index contributed by atoms with van der Waals surface area (Å²) in [7, 11) is 0. The number of nitrogens with zero attached hydrogens (tertiary/aromatic N) is 2. The van der Waals surface area contributed by atoms with E-state index in [9.17, 15) is 31.1 Å². The molecule has 0 atom stereocenters. The zero-order valence-corrected chi connectivity index (χ0v) is 8.88. The number of rotatable bonds is 2. The summed E-state index contributed by atoms with van der Waals surface area (Å²) in [6.07, 6.45) is -9.15. The molecule has 0 saturated heterocycles. The average Bonchev–Trinajstić information content (AvgIpc) is 2.26. The van der Waals surface area contributed by atoms with Crippen LogP contribution < -0.4 is 5.43 Å². The molecule has 0 spiro atoms. The van der Waals surface area contributed by atoms with Gasteiger partial charge in [-0.25, -0.2) is 5.43 Å². The number of carbonyl (C=O) groups excluding carboxylic acids is 1. The molecule has 0 saturated carbocycles. The first-order valence-electron chi connectivity index (χ1n) is 4.55. The first-order chi connectivity index (χ1) is 8.62. The largest absolute Gasteiger partial charge is 0.440 e. The Balaban J connectivity index is 2.92. The number of aromatic nitrogens is 1. The molecule has 0 unspecified atom stereocenters. The predicted molar refractivity (Wildman–Crippen MR) is 51.2 cm³/mol. The molecule has 0 bridgehead atoms. The van der Waals surface area contributed by atoms with E-state index in [0.717, 1.165) is 24.5 Å². The third-order valence-corrected chi connectivity index (χ3v) is 1.75. The third-order valence-electron chi connectivity index (χ3n) is 1.75. The quantitative estimate of drug-likeness (QED) is 0.515. The van der Waals surface area contributed by atoms with Crippen LogP contribution in [0.1, 0.15) is 10.4 Å². The Hall–Kier alpha value is -2.13. The Morgan fingerprint density at radius 3 is 1.95 bits per heavy atom. The number of nitrogens with one attached hydrogen (secondary N) is 1. The Labute approximate surface area is 102 Å². The van der Waals surface area contributed by atoms with Gasteiger partial charge in [-0.05, 0) is 12.1 Å². The van der Waals surface area contributed by atoms with Crippen molar-refractivity contribution in [3.8, 4) is 0 Å². The summed E-state index contributed by atoms with van der Waals surface area (Å²) < 4.78 is 72.3. The SMILES string of the molecule is O=C(NN=C(C(F)(F)F)C(F)(F)F)c1ccncc1. The number of carbonyl (C=O) groups is 1. The van der Waals surface area contributed by atoms with Gasteiger partial charge in [0.1, 0.15) is 0 Å². The summed E-state index contributed by atoms with van der Waals surface area (Å²) in [5.74, 6) is -1.21. The van der Waals surface area contributed by atoms with Crippen molar-refractivity contribution in [1.29, 1.82) is 0 Å². The van der Waals surface area contributed by atoms with Gasteiger partial charge in [-0.2, -0.15) is 31.4 Å². The first-order valence-corrected chi connectivity index (χ1v) is 4.55. The van der Waals surface area contributed by atoms with E-state index < -0.39 is 24.0 Å². The lowest BCUT2D eigenvalue weighted by atomic mass is 10.2. The minimum atomic E-state index is -5.72. The Morgan fingerprint density at radius 1 is 1.05 bits per heavy atom. The van der Waals surface area contributed by atoms with E-state index in [-0.39, 0.29) is 5.56 Å². The van der Waals surface area contributed by atoms with Crippen LogP contribution in [-0.4, -0.2) is 29.0 Å². The molecule has 0 aromatic carbocycles. The zero-order valence-electron chi connectivity index (χ0n) is 8.88. The van der Waals surface area contributed by atoms with Gasteiger partial charge in [0, 0.05) is 18.0 Å². The fourth-order valence-electron chi connectivity index (χ4n) is 0.962. The van der Waals surface area contributed by atoms with Crippen molar-refractivity contribution in [3.63, 3.8) is 0 Å². The molecular formula is C9H5F6N3O. The number of pyridine rings is 1. The van der Waals surface area contributed by atoms with Crippen LogP contribution >= 0.6 is 0 Å². The van der Waals surface area contributed by atoms with Gasteiger partial charge in [-0.1, -0.05) is 0 Å². The van der Waals surface area contributed by atoms with Crippen molar-refractivity contribution in [1.82, 2.24) is 10.4 Å². The highest BCUT2D eigenvalue weighted by Gasteiger charge is 2.53. The van der Waals surface area contributed by atoms with Crippen LogP contribution in [0.3, 0.4) is 0 Å². The van der Waals surface area contributed by atoms with Crippen molar-refractivity contribution in [2.24, 2.45) is 5.10 Å². The van der Waals surface area contributed by atoms with Gasteiger partial charge in [0.05, 0.1) is 0 Å². The van der Waals surface area contributed by atoms with Gasteiger partial charge >= 0.3 is 12.4 Å². The average molecular weight is 285 g/mol. The molecule has 10 heteroatoms. The topological polar surface area (TPSA) is 54.4 Å². The van der Waals surface area contributed by atoms with Crippen LogP contribution in [0.2, 0.25) is 0 Å². The lowest BCUT2D eigenvalue weighted by molar-refractivity contribution is -0.118. The number of halogens is 6. The van der Waals surface area contributed by atoms with Crippen LogP contribution in [0.25, 0.3) is 0 Å². The molecule has 19 heavy (non-hydrogen) atoms. The first kappa shape index (κ1) is 14.9. The molecule has 1 heterocycles. The Kier molecular flexibility index (Phi) is 4.12. The maximum atomic E-state index is 12.1. The molecule has 1 aromatic heterocycles. The second-order valence-corrected chi connectivity index (χ2v) is 3.13. The molecule has 4 nitrogen and oxygen atoms in total. The maximum absolute atomic E-state index is 12.1.